The molecule has 8 nitrogen and oxygen atoms in total. The molecule has 0 bridgehead atoms. The van der Waals surface area contributed by atoms with Crippen LogP contribution in [0, 0.1) is 0 Å². The molecule has 0 radical (unpaired) electrons. The van der Waals surface area contributed by atoms with E-state index in [-0.39, 0.29) is 35.8 Å². The quantitative estimate of drug-likeness (QED) is 0.322. The van der Waals surface area contributed by atoms with Gasteiger partial charge in [0.1, 0.15) is 6.10 Å². The molecule has 0 spiro atoms. The highest BCUT2D eigenvalue weighted by Gasteiger charge is 2.19. The Morgan fingerprint density at radius 2 is 1.61 bits per heavy atom. The first-order chi connectivity index (χ1) is 13.3. The highest BCUT2D eigenvalue weighted by Crippen LogP contribution is 2.27. The maximum Gasteiger partial charge on any atom is 0.331 e. The maximum absolute atomic E-state index is 12.1. The molecule has 28 heavy (non-hydrogen) atoms. The minimum absolute atomic E-state index is 0.114. The van der Waals surface area contributed by atoms with Gasteiger partial charge in [0.15, 0.2) is 23.0 Å². The summed E-state index contributed by atoms with van der Waals surface area (Å²) in [5.41, 5.74) is 1.00. The molecule has 8 heteroatoms. The number of hydrogen-bond acceptors (Lipinski definition) is 8. The molecule has 0 aliphatic heterocycles. The summed E-state index contributed by atoms with van der Waals surface area (Å²) < 4.78 is 9.90. The molecular formula is C20H20O8. The van der Waals surface area contributed by atoms with Crippen LogP contribution in [0.5, 0.6) is 23.0 Å². The molecular weight excluding hydrogens is 368 g/mol. The van der Waals surface area contributed by atoms with Gasteiger partial charge in [-0.3, -0.25) is 4.79 Å². The Morgan fingerprint density at radius 1 is 0.964 bits per heavy atom. The van der Waals surface area contributed by atoms with Gasteiger partial charge in [-0.1, -0.05) is 12.1 Å². The monoisotopic (exact) mass is 388 g/mol. The average molecular weight is 388 g/mol. The predicted molar refractivity (Wildman–Crippen MR) is 98.8 cm³/mol. The molecule has 0 aromatic heterocycles. The molecule has 1 atom stereocenters. The minimum Gasteiger partial charge on any atom is -0.504 e. The van der Waals surface area contributed by atoms with Gasteiger partial charge < -0.3 is 29.9 Å². The van der Waals surface area contributed by atoms with Crippen molar-refractivity contribution in [2.75, 3.05) is 7.11 Å². The number of benzene rings is 2. The molecule has 0 fully saturated rings. The summed E-state index contributed by atoms with van der Waals surface area (Å²) in [4.78, 5) is 23.7. The van der Waals surface area contributed by atoms with E-state index >= 15 is 0 Å². The number of carbonyl (C=O) groups is 2. The standard InChI is InChI=1S/C20H20O8/c1-27-20(26)11-14(8-13-3-6-16(22)18(24)10-13)28-19(25)7-4-12-2-5-15(21)17(23)9-12/h2-7,9-10,14,21-24H,8,11H2,1H3/b7-4+/t14-/m1/s1. The van der Waals surface area contributed by atoms with Gasteiger partial charge in [-0.2, -0.15) is 0 Å². The Hall–Kier alpha value is -3.68. The molecule has 2 rings (SSSR count). The van der Waals surface area contributed by atoms with Crippen molar-refractivity contribution in [1.82, 2.24) is 0 Å². The number of methoxy groups -OCH3 is 1. The SMILES string of the molecule is COC(=O)C[C@@H](Cc1ccc(O)c(O)c1)OC(=O)/C=C/c1ccc(O)c(O)c1. The van der Waals surface area contributed by atoms with Gasteiger partial charge in [0, 0.05) is 12.5 Å². The number of carbonyl (C=O) groups excluding carboxylic acids is 2. The number of aromatic hydroxyl groups is 4. The van der Waals surface area contributed by atoms with E-state index in [0.717, 1.165) is 6.08 Å². The number of phenolic OH excluding ortho intramolecular Hbond substituents is 4. The lowest BCUT2D eigenvalue weighted by molar-refractivity contribution is -0.150. The second-order valence-electron chi connectivity index (χ2n) is 5.95. The highest BCUT2D eigenvalue weighted by molar-refractivity contribution is 5.87. The molecule has 2 aromatic rings. The van der Waals surface area contributed by atoms with Crippen LogP contribution in [-0.4, -0.2) is 45.6 Å². The van der Waals surface area contributed by atoms with E-state index in [1.54, 1.807) is 0 Å². The van der Waals surface area contributed by atoms with Crippen LogP contribution in [-0.2, 0) is 25.5 Å². The van der Waals surface area contributed by atoms with E-state index < -0.39 is 18.0 Å². The van der Waals surface area contributed by atoms with E-state index in [9.17, 15) is 30.0 Å². The van der Waals surface area contributed by atoms with Crippen LogP contribution in [0.15, 0.2) is 42.5 Å². The van der Waals surface area contributed by atoms with Crippen LogP contribution in [0.3, 0.4) is 0 Å². The summed E-state index contributed by atoms with van der Waals surface area (Å²) in [7, 11) is 1.21. The highest BCUT2D eigenvalue weighted by atomic mass is 16.6. The van der Waals surface area contributed by atoms with Crippen molar-refractivity contribution in [3.8, 4) is 23.0 Å². The van der Waals surface area contributed by atoms with Crippen LogP contribution >= 0.6 is 0 Å². The van der Waals surface area contributed by atoms with Crippen molar-refractivity contribution in [3.63, 3.8) is 0 Å². The average Bonchev–Trinajstić information content (AvgIpc) is 2.65. The molecule has 0 saturated carbocycles. The van der Waals surface area contributed by atoms with Crippen LogP contribution in [0.4, 0.5) is 0 Å². The van der Waals surface area contributed by atoms with Crippen molar-refractivity contribution in [1.29, 1.82) is 0 Å². The summed E-state index contributed by atoms with van der Waals surface area (Å²) in [6, 6.07) is 8.16. The van der Waals surface area contributed by atoms with Gasteiger partial charge in [0.25, 0.3) is 0 Å². The van der Waals surface area contributed by atoms with Gasteiger partial charge in [-0.15, -0.1) is 0 Å². The van der Waals surface area contributed by atoms with Crippen molar-refractivity contribution < 1.29 is 39.5 Å². The van der Waals surface area contributed by atoms with Crippen LogP contribution < -0.4 is 0 Å². The second kappa shape index (κ2) is 9.31. The maximum atomic E-state index is 12.1. The Bertz CT molecular complexity index is 888. The third kappa shape index (κ3) is 5.94. The lowest BCUT2D eigenvalue weighted by Crippen LogP contribution is -2.23. The number of esters is 2. The molecule has 0 amide bonds. The third-order valence-corrected chi connectivity index (χ3v) is 3.82. The van der Waals surface area contributed by atoms with Crippen molar-refractivity contribution in [2.24, 2.45) is 0 Å². The summed E-state index contributed by atoms with van der Waals surface area (Å²) in [6.07, 6.45) is 1.55. The molecule has 0 saturated heterocycles. The van der Waals surface area contributed by atoms with E-state index in [0.29, 0.717) is 11.1 Å². The Kier molecular flexibility index (Phi) is 6.86. The number of phenols is 4. The summed E-state index contributed by atoms with van der Waals surface area (Å²) >= 11 is 0. The lowest BCUT2D eigenvalue weighted by atomic mass is 10.0. The van der Waals surface area contributed by atoms with Crippen LogP contribution in [0.1, 0.15) is 17.5 Å². The molecule has 148 valence electrons. The zero-order chi connectivity index (χ0) is 20.7. The predicted octanol–water partition coefficient (Wildman–Crippen LogP) is 2.24. The fourth-order valence-electron chi connectivity index (χ4n) is 2.40. The fourth-order valence-corrected chi connectivity index (χ4v) is 2.40. The molecule has 0 unspecified atom stereocenters. The molecule has 0 heterocycles. The van der Waals surface area contributed by atoms with Crippen molar-refractivity contribution in [2.45, 2.75) is 18.9 Å². The summed E-state index contributed by atoms with van der Waals surface area (Å²) in [6.45, 7) is 0. The molecule has 2 aromatic carbocycles. The number of rotatable bonds is 7. The molecule has 0 aliphatic rings. The molecule has 4 N–H and O–H groups in total. The largest absolute Gasteiger partial charge is 0.504 e. The number of ether oxygens (including phenoxy) is 2. The first kappa shape index (κ1) is 20.6. The fraction of sp³-hybridized carbons (Fsp3) is 0.200. The van der Waals surface area contributed by atoms with Gasteiger partial charge in [-0.25, -0.2) is 4.79 Å². The summed E-state index contributed by atoms with van der Waals surface area (Å²) in [5.74, 6) is -2.53. The van der Waals surface area contributed by atoms with E-state index in [4.69, 9.17) is 4.74 Å². The van der Waals surface area contributed by atoms with Crippen molar-refractivity contribution in [3.05, 3.63) is 53.6 Å². The zero-order valence-electron chi connectivity index (χ0n) is 15.0. The Morgan fingerprint density at radius 3 is 2.21 bits per heavy atom. The second-order valence-corrected chi connectivity index (χ2v) is 5.95. The van der Waals surface area contributed by atoms with Gasteiger partial charge in [0.05, 0.1) is 13.5 Å². The first-order valence-corrected chi connectivity index (χ1v) is 8.27. The topological polar surface area (TPSA) is 134 Å². The Balaban J connectivity index is 2.08. The van der Waals surface area contributed by atoms with Crippen LogP contribution in [0.25, 0.3) is 6.08 Å². The van der Waals surface area contributed by atoms with E-state index in [1.807, 2.05) is 0 Å². The summed E-state index contributed by atoms with van der Waals surface area (Å²) in [5, 5.41) is 37.7. The van der Waals surface area contributed by atoms with Gasteiger partial charge in [-0.05, 0) is 41.5 Å². The lowest BCUT2D eigenvalue weighted by Gasteiger charge is -2.16. The smallest absolute Gasteiger partial charge is 0.331 e. The van der Waals surface area contributed by atoms with Gasteiger partial charge >= 0.3 is 11.9 Å². The number of hydrogen-bond donors (Lipinski definition) is 4. The van der Waals surface area contributed by atoms with E-state index in [2.05, 4.69) is 4.74 Å². The van der Waals surface area contributed by atoms with E-state index in [1.165, 1.54) is 49.6 Å². The zero-order valence-corrected chi connectivity index (χ0v) is 15.0. The van der Waals surface area contributed by atoms with Crippen LogP contribution in [0.2, 0.25) is 0 Å². The Labute approximate surface area is 160 Å². The first-order valence-electron chi connectivity index (χ1n) is 8.27. The minimum atomic E-state index is -0.859. The molecule has 0 aliphatic carbocycles. The van der Waals surface area contributed by atoms with Crippen molar-refractivity contribution >= 4 is 18.0 Å². The van der Waals surface area contributed by atoms with Gasteiger partial charge in [0.2, 0.25) is 0 Å². The normalized spacial score (nSPS) is 11.9. The third-order valence-electron chi connectivity index (χ3n) is 3.82.